The average Bonchev–Trinajstić information content (AvgIpc) is 3.15. The summed E-state index contributed by atoms with van der Waals surface area (Å²) in [6.07, 6.45) is 0.0881. The van der Waals surface area contributed by atoms with Crippen molar-refractivity contribution in [2.24, 2.45) is 0 Å². The van der Waals surface area contributed by atoms with Gasteiger partial charge in [0.1, 0.15) is 23.8 Å². The Morgan fingerprint density at radius 3 is 2.67 bits per heavy atom. The number of rotatable bonds is 8. The minimum atomic E-state index is -3.90. The van der Waals surface area contributed by atoms with E-state index in [2.05, 4.69) is 10.0 Å². The van der Waals surface area contributed by atoms with Gasteiger partial charge >= 0.3 is 0 Å². The predicted molar refractivity (Wildman–Crippen MR) is 119 cm³/mol. The van der Waals surface area contributed by atoms with E-state index in [1.165, 1.54) is 12.1 Å². The summed E-state index contributed by atoms with van der Waals surface area (Å²) in [5, 5.41) is 12.7. The van der Waals surface area contributed by atoms with E-state index < -0.39 is 34.2 Å². The molecular formula is C23H27FN2O6S. The molecule has 0 radical (unpaired) electrons. The number of halogens is 1. The minimum absolute atomic E-state index is 0.0527. The first kappa shape index (κ1) is 23.5. The summed E-state index contributed by atoms with van der Waals surface area (Å²) in [4.78, 5) is 12.1. The SMILES string of the molecule is CCCNC(=O)C[C@H]1C[C@@H]2c3cc(NS(=O)(=O)c4ccc(F)cc4)ccc3O[C@@H]2[C@H](CO)O1. The third kappa shape index (κ3) is 5.13. The number of nitrogens with one attached hydrogen (secondary N) is 2. The van der Waals surface area contributed by atoms with Gasteiger partial charge in [0, 0.05) is 23.7 Å². The third-order valence-electron chi connectivity index (χ3n) is 5.86. The van der Waals surface area contributed by atoms with Crippen molar-refractivity contribution in [3.63, 3.8) is 0 Å². The zero-order valence-electron chi connectivity index (χ0n) is 18.2. The number of fused-ring (bicyclic) bond motifs is 3. The molecule has 178 valence electrons. The van der Waals surface area contributed by atoms with Crippen molar-refractivity contribution < 1.29 is 32.2 Å². The summed E-state index contributed by atoms with van der Waals surface area (Å²) in [5.41, 5.74) is 1.13. The topological polar surface area (TPSA) is 114 Å². The van der Waals surface area contributed by atoms with Crippen LogP contribution in [0.3, 0.4) is 0 Å². The molecule has 0 saturated carbocycles. The number of anilines is 1. The van der Waals surface area contributed by atoms with Crippen LogP contribution in [0.15, 0.2) is 47.4 Å². The lowest BCUT2D eigenvalue weighted by Gasteiger charge is -2.37. The van der Waals surface area contributed by atoms with Gasteiger partial charge in [-0.2, -0.15) is 0 Å². The largest absolute Gasteiger partial charge is 0.487 e. The lowest BCUT2D eigenvalue weighted by atomic mass is 9.84. The third-order valence-corrected chi connectivity index (χ3v) is 7.26. The van der Waals surface area contributed by atoms with E-state index in [1.807, 2.05) is 6.92 Å². The van der Waals surface area contributed by atoms with Crippen LogP contribution in [0, 0.1) is 5.82 Å². The van der Waals surface area contributed by atoms with Gasteiger partial charge in [-0.25, -0.2) is 12.8 Å². The fraction of sp³-hybridized carbons (Fsp3) is 0.435. The zero-order chi connectivity index (χ0) is 23.6. The van der Waals surface area contributed by atoms with E-state index in [0.717, 1.165) is 24.1 Å². The molecule has 33 heavy (non-hydrogen) atoms. The van der Waals surface area contributed by atoms with Crippen LogP contribution in [0.4, 0.5) is 10.1 Å². The summed E-state index contributed by atoms with van der Waals surface area (Å²) >= 11 is 0. The Bertz CT molecular complexity index is 1110. The number of carbonyl (C=O) groups is 1. The molecule has 0 unspecified atom stereocenters. The Balaban J connectivity index is 1.53. The molecule has 2 aliphatic heterocycles. The van der Waals surface area contributed by atoms with Crippen molar-refractivity contribution >= 4 is 21.6 Å². The summed E-state index contributed by atoms with van der Waals surface area (Å²) < 4.78 is 53.0. The molecule has 0 aliphatic carbocycles. The molecule has 0 bridgehead atoms. The van der Waals surface area contributed by atoms with Crippen molar-refractivity contribution in [3.05, 3.63) is 53.8 Å². The number of amides is 1. The first-order chi connectivity index (χ1) is 15.8. The van der Waals surface area contributed by atoms with Crippen LogP contribution >= 0.6 is 0 Å². The van der Waals surface area contributed by atoms with Gasteiger partial charge in [-0.05, 0) is 55.3 Å². The summed E-state index contributed by atoms with van der Waals surface area (Å²) in [6, 6.07) is 9.53. The highest BCUT2D eigenvalue weighted by Crippen LogP contribution is 2.47. The van der Waals surface area contributed by atoms with Crippen molar-refractivity contribution in [1.29, 1.82) is 0 Å². The molecular weight excluding hydrogens is 451 g/mol. The molecule has 4 rings (SSSR count). The smallest absolute Gasteiger partial charge is 0.261 e. The van der Waals surface area contributed by atoms with Gasteiger partial charge in [-0.1, -0.05) is 6.92 Å². The summed E-state index contributed by atoms with van der Waals surface area (Å²) in [7, 11) is -3.90. The summed E-state index contributed by atoms with van der Waals surface area (Å²) in [5.74, 6) is -0.208. The van der Waals surface area contributed by atoms with Crippen LogP contribution in [0.2, 0.25) is 0 Å². The van der Waals surface area contributed by atoms with E-state index in [1.54, 1.807) is 18.2 Å². The Labute approximate surface area is 192 Å². The van der Waals surface area contributed by atoms with Gasteiger partial charge in [-0.3, -0.25) is 9.52 Å². The molecule has 0 spiro atoms. The van der Waals surface area contributed by atoms with Gasteiger partial charge in [-0.15, -0.1) is 0 Å². The van der Waals surface area contributed by atoms with Crippen LogP contribution in [0.25, 0.3) is 0 Å². The van der Waals surface area contributed by atoms with Crippen LogP contribution in [-0.4, -0.2) is 50.9 Å². The first-order valence-electron chi connectivity index (χ1n) is 10.9. The molecule has 0 aromatic heterocycles. The van der Waals surface area contributed by atoms with Crippen LogP contribution in [0.1, 0.15) is 37.7 Å². The number of benzene rings is 2. The molecule has 1 amide bonds. The van der Waals surface area contributed by atoms with Crippen molar-refractivity contribution in [2.45, 2.75) is 55.3 Å². The highest BCUT2D eigenvalue weighted by Gasteiger charge is 2.46. The number of hydrogen-bond donors (Lipinski definition) is 3. The number of ether oxygens (including phenoxy) is 2. The van der Waals surface area contributed by atoms with Crippen LogP contribution in [0.5, 0.6) is 5.75 Å². The number of sulfonamides is 1. The fourth-order valence-corrected chi connectivity index (χ4v) is 5.37. The lowest BCUT2D eigenvalue weighted by molar-refractivity contribution is -0.142. The highest BCUT2D eigenvalue weighted by atomic mass is 32.2. The number of hydrogen-bond acceptors (Lipinski definition) is 6. The monoisotopic (exact) mass is 478 g/mol. The Morgan fingerprint density at radius 1 is 1.21 bits per heavy atom. The van der Waals surface area contributed by atoms with E-state index >= 15 is 0 Å². The molecule has 10 heteroatoms. The van der Waals surface area contributed by atoms with E-state index in [0.29, 0.717) is 24.4 Å². The molecule has 8 nitrogen and oxygen atoms in total. The molecule has 2 heterocycles. The van der Waals surface area contributed by atoms with Gasteiger partial charge in [0.2, 0.25) is 5.91 Å². The first-order valence-corrected chi connectivity index (χ1v) is 12.4. The molecule has 2 aromatic rings. The Morgan fingerprint density at radius 2 is 1.97 bits per heavy atom. The normalized spacial score (nSPS) is 23.8. The van der Waals surface area contributed by atoms with Gasteiger partial charge in [0.05, 0.1) is 24.0 Å². The second-order valence-electron chi connectivity index (χ2n) is 8.27. The number of aliphatic hydroxyl groups is 1. The van der Waals surface area contributed by atoms with Crippen molar-refractivity contribution in [3.8, 4) is 5.75 Å². The average molecular weight is 479 g/mol. The lowest BCUT2D eigenvalue weighted by Crippen LogP contribution is -2.47. The number of carbonyl (C=O) groups excluding carboxylic acids is 1. The molecule has 2 aromatic carbocycles. The molecule has 4 atom stereocenters. The van der Waals surface area contributed by atoms with E-state index in [-0.39, 0.29) is 29.7 Å². The van der Waals surface area contributed by atoms with E-state index in [4.69, 9.17) is 9.47 Å². The highest BCUT2D eigenvalue weighted by molar-refractivity contribution is 7.92. The molecule has 3 N–H and O–H groups in total. The second kappa shape index (κ2) is 9.66. The minimum Gasteiger partial charge on any atom is -0.487 e. The molecule has 2 aliphatic rings. The van der Waals surface area contributed by atoms with Crippen molar-refractivity contribution in [2.75, 3.05) is 17.9 Å². The van der Waals surface area contributed by atoms with Gasteiger partial charge in [0.15, 0.2) is 0 Å². The Hall–Kier alpha value is -2.69. The predicted octanol–water partition coefficient (Wildman–Crippen LogP) is 2.54. The van der Waals surface area contributed by atoms with Gasteiger partial charge in [0.25, 0.3) is 10.0 Å². The van der Waals surface area contributed by atoms with Crippen LogP contribution < -0.4 is 14.8 Å². The van der Waals surface area contributed by atoms with Crippen molar-refractivity contribution in [1.82, 2.24) is 5.32 Å². The quantitative estimate of drug-likeness (QED) is 0.537. The fourth-order valence-electron chi connectivity index (χ4n) is 4.32. The van der Waals surface area contributed by atoms with E-state index in [9.17, 15) is 22.7 Å². The maximum atomic E-state index is 13.2. The molecule has 1 fully saturated rings. The number of aliphatic hydroxyl groups excluding tert-OH is 1. The zero-order valence-corrected chi connectivity index (χ0v) is 19.0. The van der Waals surface area contributed by atoms with Gasteiger partial charge < -0.3 is 19.9 Å². The summed E-state index contributed by atoms with van der Waals surface area (Å²) in [6.45, 7) is 2.30. The standard InChI is InChI=1S/C23H27FN2O6S/c1-2-9-25-22(28)12-16-11-19-18-10-15(5-8-20(18)32-23(19)21(13-27)31-16)26-33(29,30)17-6-3-14(24)4-7-17/h3-8,10,16,19,21,23,26-27H,2,9,11-13H2,1H3,(H,25,28)/t16-,19-,21+,23+/m1/s1. The maximum Gasteiger partial charge on any atom is 0.261 e. The Kier molecular flexibility index (Phi) is 6.87. The van der Waals surface area contributed by atoms with Crippen LogP contribution in [-0.2, 0) is 19.6 Å². The second-order valence-corrected chi connectivity index (χ2v) is 9.95. The maximum absolute atomic E-state index is 13.2. The molecule has 1 saturated heterocycles.